The van der Waals surface area contributed by atoms with E-state index in [0.29, 0.717) is 18.5 Å². The second kappa shape index (κ2) is 6.87. The van der Waals surface area contributed by atoms with Gasteiger partial charge in [0, 0.05) is 19.7 Å². The number of hydrogen-bond acceptors (Lipinski definition) is 5. The quantitative estimate of drug-likeness (QED) is 0.660. The van der Waals surface area contributed by atoms with Gasteiger partial charge < -0.3 is 14.6 Å². The molecule has 128 valence electrons. The van der Waals surface area contributed by atoms with Gasteiger partial charge in [0.1, 0.15) is 5.69 Å². The Bertz CT molecular complexity index is 637. The van der Waals surface area contributed by atoms with Crippen molar-refractivity contribution < 1.29 is 18.9 Å². The van der Waals surface area contributed by atoms with Crippen molar-refractivity contribution in [3.8, 4) is 0 Å². The van der Waals surface area contributed by atoms with Crippen LogP contribution in [0.2, 0.25) is 0 Å². The summed E-state index contributed by atoms with van der Waals surface area (Å²) in [5, 5.41) is 2.78. The highest BCUT2D eigenvalue weighted by Gasteiger charge is 2.52. The van der Waals surface area contributed by atoms with E-state index in [2.05, 4.69) is 10.3 Å². The smallest absolute Gasteiger partial charge is 0.400 e. The van der Waals surface area contributed by atoms with Crippen molar-refractivity contribution in [2.75, 3.05) is 6.54 Å². The van der Waals surface area contributed by atoms with E-state index in [1.54, 1.807) is 18.3 Å². The molecule has 1 aliphatic heterocycles. The number of aldehydes is 1. The summed E-state index contributed by atoms with van der Waals surface area (Å²) in [6, 6.07) is 3.43. The van der Waals surface area contributed by atoms with Crippen LogP contribution >= 0.6 is 0 Å². The number of nitrogens with zero attached hydrogens (tertiary/aromatic N) is 1. The lowest BCUT2D eigenvalue weighted by molar-refractivity contribution is -0.118. The minimum absolute atomic E-state index is 0.133. The first kappa shape index (κ1) is 18.4. The third-order valence-electron chi connectivity index (χ3n) is 4.38. The number of pyridine rings is 1. The molecule has 0 atom stereocenters. The maximum absolute atomic E-state index is 11.3. The SMILES string of the molecule is CC(=O)NCC(=Cc1ccc(C=O)nc1)B1OC(C)(C)C(C)(C)O1. The van der Waals surface area contributed by atoms with Crippen molar-refractivity contribution in [1.82, 2.24) is 10.3 Å². The molecule has 1 N–H and O–H groups in total. The van der Waals surface area contributed by atoms with Gasteiger partial charge in [-0.2, -0.15) is 0 Å². The van der Waals surface area contributed by atoms with Gasteiger partial charge in [-0.1, -0.05) is 12.1 Å². The van der Waals surface area contributed by atoms with E-state index in [1.165, 1.54) is 6.92 Å². The molecule has 0 aromatic carbocycles. The lowest BCUT2D eigenvalue weighted by atomic mass is 9.77. The molecule has 0 bridgehead atoms. The fourth-order valence-electron chi connectivity index (χ4n) is 2.21. The first-order chi connectivity index (χ1) is 11.1. The average Bonchev–Trinajstić information content (AvgIpc) is 2.72. The summed E-state index contributed by atoms with van der Waals surface area (Å²) < 4.78 is 12.1. The van der Waals surface area contributed by atoms with Gasteiger partial charge in [0.05, 0.1) is 11.2 Å². The molecule has 7 heteroatoms. The van der Waals surface area contributed by atoms with E-state index in [-0.39, 0.29) is 5.91 Å². The monoisotopic (exact) mass is 330 g/mol. The van der Waals surface area contributed by atoms with E-state index in [0.717, 1.165) is 11.0 Å². The van der Waals surface area contributed by atoms with Gasteiger partial charge >= 0.3 is 7.12 Å². The van der Waals surface area contributed by atoms with Crippen molar-refractivity contribution >= 4 is 25.4 Å². The number of rotatable bonds is 5. The predicted octanol–water partition coefficient (Wildman–Crippen LogP) is 2.04. The Kier molecular flexibility index (Phi) is 5.25. The van der Waals surface area contributed by atoms with Gasteiger partial charge in [-0.25, -0.2) is 0 Å². The van der Waals surface area contributed by atoms with Gasteiger partial charge in [0.2, 0.25) is 5.91 Å². The van der Waals surface area contributed by atoms with Crippen LogP contribution in [-0.2, 0) is 14.1 Å². The Morgan fingerprint density at radius 3 is 2.33 bits per heavy atom. The number of aromatic nitrogens is 1. The summed E-state index contributed by atoms with van der Waals surface area (Å²) in [7, 11) is -0.562. The molecule has 2 heterocycles. The summed E-state index contributed by atoms with van der Waals surface area (Å²) in [5.41, 5.74) is 1.02. The predicted molar refractivity (Wildman–Crippen MR) is 92.4 cm³/mol. The van der Waals surface area contributed by atoms with Crippen LogP contribution < -0.4 is 5.32 Å². The highest BCUT2D eigenvalue weighted by molar-refractivity contribution is 6.56. The number of carbonyl (C=O) groups is 2. The fourth-order valence-corrected chi connectivity index (χ4v) is 2.21. The molecule has 1 aromatic rings. The first-order valence-corrected chi connectivity index (χ1v) is 7.86. The maximum atomic E-state index is 11.3. The molecule has 0 spiro atoms. The number of hydrogen-bond donors (Lipinski definition) is 1. The van der Waals surface area contributed by atoms with E-state index in [4.69, 9.17) is 9.31 Å². The summed E-state index contributed by atoms with van der Waals surface area (Å²) >= 11 is 0. The van der Waals surface area contributed by atoms with Crippen molar-refractivity contribution in [2.24, 2.45) is 0 Å². The van der Waals surface area contributed by atoms with Crippen molar-refractivity contribution in [3.05, 3.63) is 35.1 Å². The Labute approximate surface area is 142 Å². The molecule has 1 amide bonds. The Balaban J connectivity index is 2.29. The van der Waals surface area contributed by atoms with Crippen LogP contribution in [0.15, 0.2) is 23.8 Å². The zero-order valence-corrected chi connectivity index (χ0v) is 14.8. The van der Waals surface area contributed by atoms with Gasteiger partial charge in [0.15, 0.2) is 6.29 Å². The third-order valence-corrected chi connectivity index (χ3v) is 4.38. The zero-order valence-electron chi connectivity index (χ0n) is 14.8. The summed E-state index contributed by atoms with van der Waals surface area (Å²) in [4.78, 5) is 26.0. The Morgan fingerprint density at radius 2 is 1.88 bits per heavy atom. The highest BCUT2D eigenvalue weighted by atomic mass is 16.7. The Hall–Kier alpha value is -1.99. The largest absolute Gasteiger partial charge is 0.492 e. The molecule has 0 unspecified atom stereocenters. The van der Waals surface area contributed by atoms with Crippen LogP contribution in [0.3, 0.4) is 0 Å². The maximum Gasteiger partial charge on any atom is 0.492 e. The van der Waals surface area contributed by atoms with Crippen molar-refractivity contribution in [1.29, 1.82) is 0 Å². The van der Waals surface area contributed by atoms with E-state index in [1.807, 2.05) is 33.8 Å². The molecule has 1 aromatic heterocycles. The van der Waals surface area contributed by atoms with Crippen LogP contribution in [0, 0.1) is 0 Å². The average molecular weight is 330 g/mol. The first-order valence-electron chi connectivity index (χ1n) is 7.86. The van der Waals surface area contributed by atoms with Crippen LogP contribution in [-0.4, -0.2) is 42.0 Å². The topological polar surface area (TPSA) is 77.5 Å². The van der Waals surface area contributed by atoms with E-state index < -0.39 is 18.3 Å². The molecule has 0 aliphatic carbocycles. The van der Waals surface area contributed by atoms with E-state index >= 15 is 0 Å². The number of amides is 1. The molecule has 1 fully saturated rings. The van der Waals surface area contributed by atoms with Gasteiger partial charge in [-0.15, -0.1) is 0 Å². The molecular weight excluding hydrogens is 307 g/mol. The van der Waals surface area contributed by atoms with Crippen molar-refractivity contribution in [3.63, 3.8) is 0 Å². The lowest BCUT2D eigenvalue weighted by Crippen LogP contribution is -2.41. The molecule has 0 radical (unpaired) electrons. The summed E-state index contributed by atoms with van der Waals surface area (Å²) in [5.74, 6) is -0.133. The van der Waals surface area contributed by atoms with Crippen LogP contribution in [0.1, 0.15) is 50.7 Å². The molecule has 1 aliphatic rings. The normalized spacial score (nSPS) is 19.2. The molecule has 24 heavy (non-hydrogen) atoms. The highest BCUT2D eigenvalue weighted by Crippen LogP contribution is 2.38. The van der Waals surface area contributed by atoms with Gasteiger partial charge in [-0.05, 0) is 44.8 Å². The molecular formula is C17H23BN2O4. The fraction of sp³-hybridized carbons (Fsp3) is 0.471. The molecule has 0 saturated carbocycles. The van der Waals surface area contributed by atoms with E-state index in [9.17, 15) is 9.59 Å². The zero-order chi connectivity index (χ0) is 18.0. The number of carbonyl (C=O) groups excluding carboxylic acids is 2. The standard InChI is InChI=1S/C17H23BN2O4/c1-12(22)19-10-14(8-13-6-7-15(11-21)20-9-13)18-23-16(2,3)17(4,5)24-18/h6-9,11H,10H2,1-5H3,(H,19,22). The number of nitrogens with one attached hydrogen (secondary N) is 1. The minimum atomic E-state index is -0.562. The second-order valence-corrected chi connectivity index (χ2v) is 6.85. The van der Waals surface area contributed by atoms with Crippen LogP contribution in [0.25, 0.3) is 6.08 Å². The molecule has 6 nitrogen and oxygen atoms in total. The minimum Gasteiger partial charge on any atom is -0.400 e. The third kappa shape index (κ3) is 4.10. The molecule has 2 rings (SSSR count). The summed E-state index contributed by atoms with van der Waals surface area (Å²) in [6.07, 6.45) is 4.16. The summed E-state index contributed by atoms with van der Waals surface area (Å²) in [6.45, 7) is 9.67. The van der Waals surface area contributed by atoms with Gasteiger partial charge in [0.25, 0.3) is 0 Å². The van der Waals surface area contributed by atoms with Crippen molar-refractivity contribution in [2.45, 2.75) is 45.8 Å². The van der Waals surface area contributed by atoms with Crippen LogP contribution in [0.4, 0.5) is 0 Å². The Morgan fingerprint density at radius 1 is 1.25 bits per heavy atom. The second-order valence-electron chi connectivity index (χ2n) is 6.85. The van der Waals surface area contributed by atoms with Gasteiger partial charge in [-0.3, -0.25) is 14.6 Å². The molecule has 1 saturated heterocycles. The lowest BCUT2D eigenvalue weighted by Gasteiger charge is -2.32. The van der Waals surface area contributed by atoms with Crippen LogP contribution in [0.5, 0.6) is 0 Å².